The number of phosphoric acid groups is 1. The molecule has 2 unspecified atom stereocenters. The maximum absolute atomic E-state index is 12.7. The summed E-state index contributed by atoms with van der Waals surface area (Å²) in [7, 11) is 1.43. The number of hydrogen-bond acceptors (Lipinski definition) is 7. The van der Waals surface area contributed by atoms with Gasteiger partial charge in [0.2, 0.25) is 0 Å². The van der Waals surface area contributed by atoms with Crippen molar-refractivity contribution >= 4 is 19.8 Å². The van der Waals surface area contributed by atoms with Gasteiger partial charge in [-0.3, -0.25) is 18.6 Å². The molecule has 10 heteroatoms. The van der Waals surface area contributed by atoms with E-state index in [0.717, 1.165) is 64.2 Å². The van der Waals surface area contributed by atoms with Crippen molar-refractivity contribution in [1.82, 2.24) is 0 Å². The quantitative estimate of drug-likeness (QED) is 0.0211. The van der Waals surface area contributed by atoms with Crippen LogP contribution in [-0.2, 0) is 32.7 Å². The molecular weight excluding hydrogens is 894 g/mol. The molecule has 0 saturated heterocycles. The number of quaternary nitrogens is 1. The number of allylic oxidation sites excluding steroid dienone is 16. The first-order valence-corrected chi connectivity index (χ1v) is 29.5. The third-order valence-corrected chi connectivity index (χ3v) is 12.6. The maximum Gasteiger partial charge on any atom is 0.472 e. The molecule has 0 aliphatic carbocycles. The number of phosphoric ester groups is 1. The van der Waals surface area contributed by atoms with Gasteiger partial charge in [0.25, 0.3) is 0 Å². The molecular formula is C60H105NO8P+. The van der Waals surface area contributed by atoms with E-state index in [1.54, 1.807) is 0 Å². The number of carbonyl (C=O) groups excluding carboxylic acids is 2. The Hall–Kier alpha value is -3.07. The van der Waals surface area contributed by atoms with Gasteiger partial charge in [0.1, 0.15) is 19.8 Å². The fraction of sp³-hybridized carbons (Fsp3) is 0.700. The highest BCUT2D eigenvalue weighted by Gasteiger charge is 2.27. The Morgan fingerprint density at radius 3 is 1.26 bits per heavy atom. The van der Waals surface area contributed by atoms with Crippen molar-refractivity contribution < 1.29 is 42.1 Å². The predicted molar refractivity (Wildman–Crippen MR) is 298 cm³/mol. The van der Waals surface area contributed by atoms with Gasteiger partial charge in [-0.1, -0.05) is 214 Å². The second-order valence-corrected chi connectivity index (χ2v) is 21.0. The summed E-state index contributed by atoms with van der Waals surface area (Å²) in [5, 5.41) is 0. The van der Waals surface area contributed by atoms with Gasteiger partial charge in [0.05, 0.1) is 27.7 Å². The number of nitrogens with zero attached hydrogens (tertiary/aromatic N) is 1. The largest absolute Gasteiger partial charge is 0.472 e. The number of carbonyl (C=O) groups is 2. The molecule has 0 saturated carbocycles. The lowest BCUT2D eigenvalue weighted by Gasteiger charge is -2.24. The van der Waals surface area contributed by atoms with Gasteiger partial charge in [-0.05, 0) is 89.9 Å². The minimum Gasteiger partial charge on any atom is -0.462 e. The first-order chi connectivity index (χ1) is 34.0. The van der Waals surface area contributed by atoms with Crippen LogP contribution in [0, 0.1) is 0 Å². The van der Waals surface area contributed by atoms with Crippen molar-refractivity contribution in [3.63, 3.8) is 0 Å². The number of ether oxygens (including phenoxy) is 2. The van der Waals surface area contributed by atoms with Crippen LogP contribution in [0.3, 0.4) is 0 Å². The standard InChI is InChI=1S/C60H104NO8P/c1-6-8-10-12-14-16-18-20-22-24-25-26-27-28-29-30-31-32-33-34-35-37-38-40-42-44-46-48-50-52-59(62)66-56-58(57-68-70(64,65)67-55-54-61(3,4)5)69-60(63)53-51-49-47-45-43-41-39-36-23-21-19-17-15-13-11-9-7-2/h9,11,15,17-18,20-21,23-25,27-28,39,41,45,47,58H,6-8,10,12-14,16,19,22,26,29-38,40,42-44,46,48-57H2,1-5H3/p+1/b11-9-,17-15-,20-18-,23-21-,25-24-,28-27-,41-39-,47-45-. The summed E-state index contributed by atoms with van der Waals surface area (Å²) in [6.45, 7) is 4.23. The molecule has 0 aliphatic heterocycles. The van der Waals surface area contributed by atoms with Crippen molar-refractivity contribution in [2.45, 2.75) is 225 Å². The van der Waals surface area contributed by atoms with Gasteiger partial charge in [-0.15, -0.1) is 0 Å². The molecule has 0 rings (SSSR count). The number of unbranched alkanes of at least 4 members (excludes halogenated alkanes) is 20. The summed E-state index contributed by atoms with van der Waals surface area (Å²) in [6.07, 6.45) is 69.2. The highest BCUT2D eigenvalue weighted by molar-refractivity contribution is 7.47. The summed E-state index contributed by atoms with van der Waals surface area (Å²) >= 11 is 0. The van der Waals surface area contributed by atoms with Gasteiger partial charge in [0, 0.05) is 12.8 Å². The van der Waals surface area contributed by atoms with E-state index in [4.69, 9.17) is 18.5 Å². The van der Waals surface area contributed by atoms with Crippen LogP contribution in [0.2, 0.25) is 0 Å². The molecule has 0 radical (unpaired) electrons. The zero-order valence-corrected chi connectivity index (χ0v) is 46.4. The van der Waals surface area contributed by atoms with Crippen molar-refractivity contribution in [1.29, 1.82) is 0 Å². The third kappa shape index (κ3) is 54.3. The average molecular weight is 999 g/mol. The van der Waals surface area contributed by atoms with Crippen molar-refractivity contribution in [3.05, 3.63) is 97.2 Å². The number of rotatable bonds is 50. The SMILES string of the molecule is CC/C=C\C/C=C\C/C=C\C/C=C\C/C=C\CCCC(=O)OC(COC(=O)CCCCCCCCCCCCCCCC/C=C\C/C=C\C/C=C\CCCCCCC)COP(=O)(O)OCC[N+](C)(C)C. The van der Waals surface area contributed by atoms with E-state index in [0.29, 0.717) is 23.9 Å². The molecule has 0 bridgehead atoms. The summed E-state index contributed by atoms with van der Waals surface area (Å²) in [5.41, 5.74) is 0. The van der Waals surface area contributed by atoms with E-state index in [9.17, 15) is 19.0 Å². The Balaban J connectivity index is 4.19. The van der Waals surface area contributed by atoms with E-state index in [1.165, 1.54) is 116 Å². The van der Waals surface area contributed by atoms with Crippen molar-refractivity contribution in [2.75, 3.05) is 47.5 Å². The minimum absolute atomic E-state index is 0.0165. The maximum atomic E-state index is 12.7. The molecule has 2 atom stereocenters. The van der Waals surface area contributed by atoms with E-state index < -0.39 is 26.5 Å². The molecule has 0 aromatic carbocycles. The molecule has 0 spiro atoms. The predicted octanol–water partition coefficient (Wildman–Crippen LogP) is 17.3. The normalized spacial score (nSPS) is 14.1. The Labute approximate surface area is 430 Å². The van der Waals surface area contributed by atoms with Gasteiger partial charge in [-0.2, -0.15) is 0 Å². The Morgan fingerprint density at radius 1 is 0.457 bits per heavy atom. The van der Waals surface area contributed by atoms with Crippen LogP contribution in [0.5, 0.6) is 0 Å². The van der Waals surface area contributed by atoms with Gasteiger partial charge in [-0.25, -0.2) is 4.57 Å². The molecule has 0 heterocycles. The monoisotopic (exact) mass is 999 g/mol. The van der Waals surface area contributed by atoms with Crippen LogP contribution < -0.4 is 0 Å². The number of hydrogen-bond donors (Lipinski definition) is 1. The smallest absolute Gasteiger partial charge is 0.462 e. The molecule has 0 aromatic rings. The first-order valence-electron chi connectivity index (χ1n) is 28.0. The van der Waals surface area contributed by atoms with Crippen LogP contribution in [0.1, 0.15) is 219 Å². The van der Waals surface area contributed by atoms with Gasteiger partial charge < -0.3 is 18.9 Å². The molecule has 70 heavy (non-hydrogen) atoms. The zero-order chi connectivity index (χ0) is 51.3. The van der Waals surface area contributed by atoms with E-state index in [2.05, 4.69) is 105 Å². The fourth-order valence-electron chi connectivity index (χ4n) is 7.29. The highest BCUT2D eigenvalue weighted by Crippen LogP contribution is 2.43. The lowest BCUT2D eigenvalue weighted by molar-refractivity contribution is -0.870. The van der Waals surface area contributed by atoms with Crippen LogP contribution in [0.4, 0.5) is 0 Å². The van der Waals surface area contributed by atoms with Crippen LogP contribution in [0.15, 0.2) is 97.2 Å². The topological polar surface area (TPSA) is 108 Å². The third-order valence-electron chi connectivity index (χ3n) is 11.6. The Morgan fingerprint density at radius 2 is 0.829 bits per heavy atom. The van der Waals surface area contributed by atoms with Crippen LogP contribution in [-0.4, -0.2) is 74.9 Å². The van der Waals surface area contributed by atoms with E-state index in [-0.39, 0.29) is 32.0 Å². The fourth-order valence-corrected chi connectivity index (χ4v) is 8.03. The average Bonchev–Trinajstić information content (AvgIpc) is 3.32. The van der Waals surface area contributed by atoms with E-state index in [1.807, 2.05) is 27.2 Å². The summed E-state index contributed by atoms with van der Waals surface area (Å²) in [5.74, 6) is -0.870. The molecule has 0 aromatic heterocycles. The Kier molecular flexibility index (Phi) is 48.6. The van der Waals surface area contributed by atoms with Gasteiger partial charge in [0.15, 0.2) is 6.10 Å². The number of likely N-dealkylation sites (N-methyl/N-ethyl adjacent to an activating group) is 1. The molecule has 402 valence electrons. The second-order valence-electron chi connectivity index (χ2n) is 19.6. The van der Waals surface area contributed by atoms with Crippen molar-refractivity contribution in [3.8, 4) is 0 Å². The summed E-state index contributed by atoms with van der Waals surface area (Å²) < 4.78 is 34.4. The summed E-state index contributed by atoms with van der Waals surface area (Å²) in [4.78, 5) is 35.6. The highest BCUT2D eigenvalue weighted by atomic mass is 31.2. The van der Waals surface area contributed by atoms with Crippen LogP contribution >= 0.6 is 7.82 Å². The van der Waals surface area contributed by atoms with Crippen LogP contribution in [0.25, 0.3) is 0 Å². The Bertz CT molecular complexity index is 1500. The summed E-state index contributed by atoms with van der Waals surface area (Å²) in [6, 6.07) is 0. The first kappa shape index (κ1) is 66.9. The molecule has 1 N–H and O–H groups in total. The molecule has 0 aliphatic rings. The van der Waals surface area contributed by atoms with Crippen molar-refractivity contribution in [2.24, 2.45) is 0 Å². The lowest BCUT2D eigenvalue weighted by Crippen LogP contribution is -2.37. The molecule has 9 nitrogen and oxygen atoms in total. The lowest BCUT2D eigenvalue weighted by atomic mass is 10.0. The zero-order valence-electron chi connectivity index (χ0n) is 45.5. The second kappa shape index (κ2) is 50.9. The van der Waals surface area contributed by atoms with Gasteiger partial charge >= 0.3 is 19.8 Å². The minimum atomic E-state index is -4.40. The van der Waals surface area contributed by atoms with E-state index >= 15 is 0 Å². The molecule has 0 fully saturated rings. The molecule has 0 amide bonds. The number of esters is 2.